The maximum atomic E-state index is 14.4. The van der Waals surface area contributed by atoms with Crippen LogP contribution in [0.2, 0.25) is 10.0 Å². The molecule has 0 aliphatic carbocycles. The number of esters is 1. The molecule has 1 saturated heterocycles. The molecule has 3 aromatic carbocycles. The Bertz CT molecular complexity index is 2520. The van der Waals surface area contributed by atoms with E-state index in [1.807, 2.05) is 26.2 Å². The van der Waals surface area contributed by atoms with Crippen LogP contribution in [-0.2, 0) is 30.3 Å². The second-order valence-corrected chi connectivity index (χ2v) is 19.3. The first-order valence-electron chi connectivity index (χ1n) is 23.1. The van der Waals surface area contributed by atoms with Gasteiger partial charge in [-0.2, -0.15) is 5.10 Å². The van der Waals surface area contributed by atoms with E-state index in [2.05, 4.69) is 20.6 Å². The fourth-order valence-electron chi connectivity index (χ4n) is 8.84. The van der Waals surface area contributed by atoms with E-state index in [4.69, 9.17) is 42.1 Å². The highest BCUT2D eigenvalue weighted by Crippen LogP contribution is 2.55. The molecule has 4 aliphatic heterocycles. The summed E-state index contributed by atoms with van der Waals surface area (Å²) in [6.45, 7) is 15.9. The number of allylic oxidation sites excluding steroid dienone is 2. The first-order chi connectivity index (χ1) is 33.0. The summed E-state index contributed by atoms with van der Waals surface area (Å²) in [5.41, 5.74) is 0.752. The summed E-state index contributed by atoms with van der Waals surface area (Å²) in [4.78, 5) is 42.6. The third kappa shape index (κ3) is 12.4. The van der Waals surface area contributed by atoms with E-state index in [9.17, 15) is 39.9 Å². The van der Waals surface area contributed by atoms with Crippen LogP contribution >= 0.6 is 23.2 Å². The SMILES string of the molecule is CNCc1cc(Cl)cc(Cl)c1.CO[C@H]1/C=C/O[C@@]2(C)Oc3c(C)c(O)c4c(O)c(c(/C=N\N5CCN(C)CC5)c(O)c4c3C2=O)NC(=O)/C(C)=C\C=C\[C@H](C)[C@H](O)[C@@H](C)[C@@H](O)[C@@H](C)[C@H](OC(C)=O)[C@@H]1C. The molecule has 0 unspecified atom stereocenters. The second-order valence-electron chi connectivity index (χ2n) is 18.4. The van der Waals surface area contributed by atoms with Gasteiger partial charge in [-0.25, -0.2) is 0 Å². The van der Waals surface area contributed by atoms with Gasteiger partial charge in [-0.3, -0.25) is 19.4 Å². The van der Waals surface area contributed by atoms with Crippen molar-refractivity contribution in [3.05, 3.63) is 86.6 Å². The first-order valence-corrected chi connectivity index (χ1v) is 23.9. The van der Waals surface area contributed by atoms with E-state index >= 15 is 0 Å². The van der Waals surface area contributed by atoms with Gasteiger partial charge >= 0.3 is 11.8 Å². The molecule has 0 spiro atoms. The summed E-state index contributed by atoms with van der Waals surface area (Å²) in [5.74, 6) is -8.34. The Kier molecular flexibility index (Phi) is 18.8. The minimum atomic E-state index is -2.04. The topological polar surface area (TPSA) is 232 Å². The summed E-state index contributed by atoms with van der Waals surface area (Å²) in [7, 11) is 5.30. The number of carbonyl (C=O) groups excluding carboxylic acids is 3. The lowest BCUT2D eigenvalue weighted by atomic mass is 9.78. The molecule has 19 heteroatoms. The number of carbonyl (C=O) groups is 3. The monoisotopic (exact) mass is 1010 g/mol. The number of aliphatic hydroxyl groups excluding tert-OH is 2. The molecule has 0 radical (unpaired) electrons. The van der Waals surface area contributed by atoms with Gasteiger partial charge in [0.1, 0.15) is 23.4 Å². The third-order valence-electron chi connectivity index (χ3n) is 13.2. The molecule has 3 aromatic rings. The number of nitrogens with one attached hydrogen (secondary N) is 2. The van der Waals surface area contributed by atoms with Crippen LogP contribution in [0.5, 0.6) is 23.0 Å². The van der Waals surface area contributed by atoms with Crippen molar-refractivity contribution in [2.75, 3.05) is 52.7 Å². The Morgan fingerprint density at radius 1 is 0.943 bits per heavy atom. The number of phenols is 3. The van der Waals surface area contributed by atoms with E-state index < -0.39 is 88.8 Å². The third-order valence-corrected chi connectivity index (χ3v) is 13.6. The second kappa shape index (κ2) is 23.7. The van der Waals surface area contributed by atoms with Crippen molar-refractivity contribution in [2.45, 2.75) is 92.1 Å². The van der Waals surface area contributed by atoms with Gasteiger partial charge in [0, 0.05) is 104 Å². The molecule has 17 nitrogen and oxygen atoms in total. The van der Waals surface area contributed by atoms with E-state index in [0.29, 0.717) is 23.1 Å². The molecule has 4 aliphatic rings. The highest BCUT2D eigenvalue weighted by molar-refractivity contribution is 6.34. The van der Waals surface area contributed by atoms with E-state index in [1.54, 1.807) is 50.9 Å². The van der Waals surface area contributed by atoms with Crippen LogP contribution in [0.3, 0.4) is 0 Å². The zero-order valence-corrected chi connectivity index (χ0v) is 43.1. The maximum Gasteiger partial charge on any atom is 0.312 e. The molecule has 5 bridgehead atoms. The van der Waals surface area contributed by atoms with Crippen LogP contribution < -0.4 is 15.4 Å². The van der Waals surface area contributed by atoms with Crippen LogP contribution in [0.25, 0.3) is 10.8 Å². The predicted octanol–water partition coefficient (Wildman–Crippen LogP) is 7.05. The number of phenolic OH excluding ortho intramolecular Hbond substituents is 3. The van der Waals surface area contributed by atoms with E-state index in [1.165, 1.54) is 59.4 Å². The maximum absolute atomic E-state index is 14.4. The molecule has 0 saturated carbocycles. The lowest BCUT2D eigenvalue weighted by molar-refractivity contribution is -0.160. The number of anilines is 1. The van der Waals surface area contributed by atoms with E-state index in [-0.39, 0.29) is 44.5 Å². The highest BCUT2D eigenvalue weighted by Gasteiger charge is 2.50. The fraction of sp³-hybridized carbons (Fsp3) is 0.490. The quantitative estimate of drug-likeness (QED) is 0.0568. The number of piperazine rings is 1. The molecule has 1 amide bonds. The summed E-state index contributed by atoms with van der Waals surface area (Å²) >= 11 is 11.5. The molecular formula is C51H67Cl2N5O12. The number of hydrazone groups is 1. The van der Waals surface area contributed by atoms with Crippen molar-refractivity contribution in [3.63, 3.8) is 0 Å². The minimum absolute atomic E-state index is 0.0559. The molecule has 1 fully saturated rings. The Morgan fingerprint density at radius 2 is 1.59 bits per heavy atom. The Labute approximate surface area is 419 Å². The number of ether oxygens (including phenoxy) is 4. The number of ketones is 1. The van der Waals surface area contributed by atoms with E-state index in [0.717, 1.165) is 25.2 Å². The van der Waals surface area contributed by atoms with Crippen molar-refractivity contribution >= 4 is 63.5 Å². The smallest absolute Gasteiger partial charge is 0.312 e. The number of aliphatic hydroxyl groups is 2. The summed E-state index contributed by atoms with van der Waals surface area (Å²) in [5, 5.41) is 71.2. The number of methoxy groups -OCH3 is 1. The van der Waals surface area contributed by atoms with Crippen LogP contribution in [-0.4, -0.2) is 137 Å². The normalized spacial score (nSPS) is 28.6. The van der Waals surface area contributed by atoms with Gasteiger partial charge in [0.05, 0.1) is 53.0 Å². The number of benzene rings is 3. The van der Waals surface area contributed by atoms with Gasteiger partial charge < -0.3 is 60.0 Å². The molecule has 9 atom stereocenters. The number of amides is 1. The van der Waals surface area contributed by atoms with Gasteiger partial charge in [0.2, 0.25) is 0 Å². The Balaban J connectivity index is 0.000000729. The zero-order valence-electron chi connectivity index (χ0n) is 41.5. The Hall–Kier alpha value is -5.40. The van der Waals surface area contributed by atoms with Crippen LogP contribution in [0.15, 0.2) is 59.4 Å². The van der Waals surface area contributed by atoms with Crippen molar-refractivity contribution in [2.24, 2.45) is 28.8 Å². The number of hydrogen-bond acceptors (Lipinski definition) is 16. The van der Waals surface area contributed by atoms with Crippen molar-refractivity contribution < 1.29 is 58.9 Å². The molecule has 7 N–H and O–H groups in total. The van der Waals surface area contributed by atoms with Gasteiger partial charge in [0.25, 0.3) is 11.7 Å². The number of likely N-dealkylation sites (N-methyl/N-ethyl adjacent to an activating group) is 1. The number of halogens is 2. The van der Waals surface area contributed by atoms with Crippen molar-refractivity contribution in [1.29, 1.82) is 0 Å². The van der Waals surface area contributed by atoms with Crippen molar-refractivity contribution in [3.8, 4) is 23.0 Å². The number of rotatable bonds is 6. The zero-order chi connectivity index (χ0) is 51.9. The van der Waals surface area contributed by atoms with Gasteiger partial charge in [-0.1, -0.05) is 69.1 Å². The fourth-order valence-corrected chi connectivity index (χ4v) is 9.41. The average molecular weight is 1010 g/mol. The van der Waals surface area contributed by atoms with Gasteiger partial charge in [0.15, 0.2) is 5.75 Å². The lowest BCUT2D eigenvalue weighted by Gasteiger charge is -2.38. The predicted molar refractivity (Wildman–Crippen MR) is 270 cm³/mol. The van der Waals surface area contributed by atoms with Crippen LogP contribution in [0.4, 0.5) is 5.69 Å². The number of Topliss-reactive ketones (excluding diaryl/α,β-unsaturated/α-hetero) is 1. The first kappa shape index (κ1) is 55.5. The molecule has 4 heterocycles. The van der Waals surface area contributed by atoms with Crippen molar-refractivity contribution in [1.82, 2.24) is 15.2 Å². The Morgan fingerprint density at radius 3 is 2.19 bits per heavy atom. The van der Waals surface area contributed by atoms with Gasteiger partial charge in [-0.15, -0.1) is 0 Å². The summed E-state index contributed by atoms with van der Waals surface area (Å²) < 4.78 is 23.6. The molecule has 7 rings (SSSR count). The average Bonchev–Trinajstić information content (AvgIpc) is 3.57. The summed E-state index contributed by atoms with van der Waals surface area (Å²) in [6, 6.07) is 5.51. The molecular weight excluding hydrogens is 945 g/mol. The number of aromatic hydroxyl groups is 3. The molecule has 70 heavy (non-hydrogen) atoms. The van der Waals surface area contributed by atoms with Crippen LogP contribution in [0.1, 0.15) is 75.5 Å². The molecule has 382 valence electrons. The number of nitrogens with zero attached hydrogens (tertiary/aromatic N) is 3. The van der Waals surface area contributed by atoms with Crippen LogP contribution in [0, 0.1) is 30.6 Å². The highest BCUT2D eigenvalue weighted by atomic mass is 35.5. The largest absolute Gasteiger partial charge is 0.507 e. The number of fused-ring (bicyclic) bond motifs is 14. The number of hydrogen-bond donors (Lipinski definition) is 7. The molecule has 0 aromatic heterocycles. The van der Waals surface area contributed by atoms with Gasteiger partial charge in [-0.05, 0) is 57.8 Å². The lowest BCUT2D eigenvalue weighted by Crippen LogP contribution is -2.46. The summed E-state index contributed by atoms with van der Waals surface area (Å²) in [6.07, 6.45) is 4.86. The standard InChI is InChI=1S/C43H58N4O12.C8H9Cl2N/c1-21-12-11-13-22(2)42(55)45-33-28(20-44-47-17-15-46(9)16-18-47)37(52)30-31(38(33)53)36(51)26(6)40-32(30)41(54)43(8,59-40)57-19-14-29(56-10)23(3)39(58-27(7)48)25(5)35(50)24(4)34(21)49;1-11-5-6-2-7(9)4-8(10)3-6/h11-14,19-21,23-25,29,34-35,39,49-53H,15-18H2,1-10H3,(H,45,55);2-4,11H,5H2,1H3/b12-11+,19-14+,22-13-,44-20-;/t21-,23+,24+,25+,29-,34-,35+,39+,43-;/m0./s1. The minimum Gasteiger partial charge on any atom is -0.507 e.